The molecule has 0 fully saturated rings. The van der Waals surface area contributed by atoms with E-state index in [-0.39, 0.29) is 5.82 Å². The number of hydrogen-bond donors (Lipinski definition) is 1. The molecular weight excluding hydrogens is 237 g/mol. The van der Waals surface area contributed by atoms with E-state index in [1.54, 1.807) is 12.1 Å². The molecule has 1 atom stereocenters. The summed E-state index contributed by atoms with van der Waals surface area (Å²) >= 11 is 0. The molecule has 2 rings (SSSR count). The van der Waals surface area contributed by atoms with Crippen molar-refractivity contribution in [2.24, 2.45) is 5.73 Å². The molecule has 2 N–H and O–H groups in total. The van der Waals surface area contributed by atoms with Crippen molar-refractivity contribution < 1.29 is 4.39 Å². The zero-order valence-electron chi connectivity index (χ0n) is 11.5. The molecule has 0 radical (unpaired) electrons. The lowest BCUT2D eigenvalue weighted by Crippen LogP contribution is -2.39. The molecule has 0 bridgehead atoms. The molecule has 0 saturated carbocycles. The van der Waals surface area contributed by atoms with E-state index < -0.39 is 5.54 Å². The molecule has 0 aliphatic carbocycles. The Labute approximate surface area is 114 Å². The van der Waals surface area contributed by atoms with Crippen LogP contribution < -0.4 is 5.73 Å². The van der Waals surface area contributed by atoms with Gasteiger partial charge in [0.25, 0.3) is 0 Å². The van der Waals surface area contributed by atoms with E-state index in [1.807, 2.05) is 25.1 Å². The van der Waals surface area contributed by atoms with Crippen molar-refractivity contribution >= 4 is 0 Å². The molecule has 2 heteroatoms. The zero-order valence-corrected chi connectivity index (χ0v) is 11.5. The van der Waals surface area contributed by atoms with Gasteiger partial charge in [0.15, 0.2) is 0 Å². The highest BCUT2D eigenvalue weighted by atomic mass is 19.1. The van der Waals surface area contributed by atoms with Gasteiger partial charge in [0.05, 0.1) is 0 Å². The summed E-state index contributed by atoms with van der Waals surface area (Å²) in [6.45, 7) is 4.07. The highest BCUT2D eigenvalue weighted by Crippen LogP contribution is 2.29. The molecule has 1 unspecified atom stereocenters. The molecule has 1 nitrogen and oxygen atoms in total. The predicted octanol–water partition coefficient (Wildman–Crippen LogP) is 3.94. The second-order valence-electron chi connectivity index (χ2n) is 5.09. The van der Waals surface area contributed by atoms with Crippen molar-refractivity contribution in [2.45, 2.75) is 32.2 Å². The number of aryl methyl sites for hydroxylation is 1. The van der Waals surface area contributed by atoms with Gasteiger partial charge in [0.2, 0.25) is 0 Å². The average molecular weight is 257 g/mol. The van der Waals surface area contributed by atoms with E-state index in [4.69, 9.17) is 5.73 Å². The van der Waals surface area contributed by atoms with Crippen LogP contribution in [-0.2, 0) is 12.0 Å². The Morgan fingerprint density at radius 2 is 1.68 bits per heavy atom. The Kier molecular flexibility index (Phi) is 4.01. The Morgan fingerprint density at radius 1 is 1.05 bits per heavy atom. The topological polar surface area (TPSA) is 26.0 Å². The van der Waals surface area contributed by atoms with Crippen LogP contribution in [0.4, 0.5) is 4.39 Å². The zero-order chi connectivity index (χ0) is 13.9. The van der Waals surface area contributed by atoms with Crippen molar-refractivity contribution in [3.63, 3.8) is 0 Å². The van der Waals surface area contributed by atoms with Crippen LogP contribution in [0.1, 0.15) is 30.0 Å². The molecule has 100 valence electrons. The maximum absolute atomic E-state index is 14.0. The van der Waals surface area contributed by atoms with E-state index in [1.165, 1.54) is 17.2 Å². The summed E-state index contributed by atoms with van der Waals surface area (Å²) < 4.78 is 14.0. The minimum absolute atomic E-state index is 0.222. The molecular formula is C17H20FN. The Morgan fingerprint density at radius 3 is 2.32 bits per heavy atom. The molecule has 0 saturated heterocycles. The number of benzene rings is 2. The summed E-state index contributed by atoms with van der Waals surface area (Å²) in [4.78, 5) is 0. The SMILES string of the molecule is CCC(N)(Cc1ccccc1C)c1ccccc1F. The van der Waals surface area contributed by atoms with Crippen LogP contribution in [0.25, 0.3) is 0 Å². The van der Waals surface area contributed by atoms with Crippen LogP contribution in [0.15, 0.2) is 48.5 Å². The summed E-state index contributed by atoms with van der Waals surface area (Å²) in [5.41, 5.74) is 8.80. The fraction of sp³-hybridized carbons (Fsp3) is 0.294. The Bertz CT molecular complexity index is 565. The van der Waals surface area contributed by atoms with E-state index >= 15 is 0 Å². The van der Waals surface area contributed by atoms with Crippen molar-refractivity contribution in [1.82, 2.24) is 0 Å². The molecule has 0 heterocycles. The predicted molar refractivity (Wildman–Crippen MR) is 77.4 cm³/mol. The van der Waals surface area contributed by atoms with Crippen LogP contribution in [0.5, 0.6) is 0 Å². The van der Waals surface area contributed by atoms with Crippen LogP contribution in [-0.4, -0.2) is 0 Å². The third kappa shape index (κ3) is 2.85. The molecule has 0 spiro atoms. The summed E-state index contributed by atoms with van der Waals surface area (Å²) in [5.74, 6) is -0.222. The van der Waals surface area contributed by atoms with Crippen molar-refractivity contribution in [3.8, 4) is 0 Å². The average Bonchev–Trinajstić information content (AvgIpc) is 2.42. The summed E-state index contributed by atoms with van der Waals surface area (Å²) in [6.07, 6.45) is 1.35. The Balaban J connectivity index is 2.39. The third-order valence-corrected chi connectivity index (χ3v) is 3.81. The lowest BCUT2D eigenvalue weighted by Gasteiger charge is -2.30. The second-order valence-corrected chi connectivity index (χ2v) is 5.09. The van der Waals surface area contributed by atoms with Gasteiger partial charge in [-0.05, 0) is 37.0 Å². The van der Waals surface area contributed by atoms with Gasteiger partial charge in [0.1, 0.15) is 5.82 Å². The summed E-state index contributed by atoms with van der Waals surface area (Å²) in [7, 11) is 0. The largest absolute Gasteiger partial charge is 0.321 e. The van der Waals surface area contributed by atoms with E-state index in [9.17, 15) is 4.39 Å². The number of hydrogen-bond acceptors (Lipinski definition) is 1. The first-order chi connectivity index (χ1) is 9.07. The molecule has 0 aliphatic rings. The minimum atomic E-state index is -0.655. The Hall–Kier alpha value is -1.67. The van der Waals surface area contributed by atoms with Crippen LogP contribution in [0.2, 0.25) is 0 Å². The normalized spacial score (nSPS) is 14.1. The fourth-order valence-electron chi connectivity index (χ4n) is 2.42. The third-order valence-electron chi connectivity index (χ3n) is 3.81. The first kappa shape index (κ1) is 13.8. The molecule has 0 aromatic heterocycles. The van der Waals surface area contributed by atoms with Crippen LogP contribution in [0.3, 0.4) is 0 Å². The quantitative estimate of drug-likeness (QED) is 0.882. The molecule has 2 aromatic rings. The fourth-order valence-corrected chi connectivity index (χ4v) is 2.42. The van der Waals surface area contributed by atoms with E-state index in [2.05, 4.69) is 19.1 Å². The lowest BCUT2D eigenvalue weighted by atomic mass is 9.81. The van der Waals surface area contributed by atoms with E-state index in [0.29, 0.717) is 18.4 Å². The van der Waals surface area contributed by atoms with Gasteiger partial charge in [-0.15, -0.1) is 0 Å². The van der Waals surface area contributed by atoms with Crippen molar-refractivity contribution in [1.29, 1.82) is 0 Å². The molecule has 2 aromatic carbocycles. The molecule has 0 amide bonds. The van der Waals surface area contributed by atoms with E-state index in [0.717, 1.165) is 0 Å². The van der Waals surface area contributed by atoms with Gasteiger partial charge in [-0.25, -0.2) is 4.39 Å². The first-order valence-corrected chi connectivity index (χ1v) is 6.65. The smallest absolute Gasteiger partial charge is 0.128 e. The van der Waals surface area contributed by atoms with Gasteiger partial charge in [-0.1, -0.05) is 49.4 Å². The highest BCUT2D eigenvalue weighted by Gasteiger charge is 2.28. The summed E-state index contributed by atoms with van der Waals surface area (Å²) in [6, 6.07) is 14.9. The van der Waals surface area contributed by atoms with Crippen LogP contribution in [0, 0.1) is 12.7 Å². The second kappa shape index (κ2) is 5.54. The van der Waals surface area contributed by atoms with Crippen LogP contribution >= 0.6 is 0 Å². The monoisotopic (exact) mass is 257 g/mol. The van der Waals surface area contributed by atoms with Gasteiger partial charge >= 0.3 is 0 Å². The number of halogens is 1. The van der Waals surface area contributed by atoms with Gasteiger partial charge < -0.3 is 5.73 Å². The standard InChI is InChI=1S/C17H20FN/c1-3-17(19,15-10-6-7-11-16(15)18)12-14-9-5-4-8-13(14)2/h4-11H,3,12,19H2,1-2H3. The highest BCUT2D eigenvalue weighted by molar-refractivity contribution is 5.33. The molecule has 0 aliphatic heterocycles. The maximum atomic E-state index is 14.0. The van der Waals surface area contributed by atoms with Gasteiger partial charge in [-0.3, -0.25) is 0 Å². The maximum Gasteiger partial charge on any atom is 0.128 e. The summed E-state index contributed by atoms with van der Waals surface area (Å²) in [5, 5.41) is 0. The van der Waals surface area contributed by atoms with Gasteiger partial charge in [0, 0.05) is 11.1 Å². The minimum Gasteiger partial charge on any atom is -0.321 e. The first-order valence-electron chi connectivity index (χ1n) is 6.65. The molecule has 19 heavy (non-hydrogen) atoms. The number of nitrogens with two attached hydrogens (primary N) is 1. The van der Waals surface area contributed by atoms with Crippen molar-refractivity contribution in [2.75, 3.05) is 0 Å². The number of rotatable bonds is 4. The van der Waals surface area contributed by atoms with Crippen molar-refractivity contribution in [3.05, 3.63) is 71.0 Å². The lowest BCUT2D eigenvalue weighted by molar-refractivity contribution is 0.402. The van der Waals surface area contributed by atoms with Gasteiger partial charge in [-0.2, -0.15) is 0 Å².